The van der Waals surface area contributed by atoms with Crippen molar-refractivity contribution < 1.29 is 31.9 Å². The highest BCUT2D eigenvalue weighted by Gasteiger charge is 2.78. The quantitative estimate of drug-likeness (QED) is 0.648. The second-order valence-corrected chi connectivity index (χ2v) is 3.81. The Morgan fingerprint density at radius 3 is 2.12 bits per heavy atom. The largest absolute Gasteiger partial charge is 0.480 e. The summed E-state index contributed by atoms with van der Waals surface area (Å²) in [4.78, 5) is 10.8. The van der Waals surface area contributed by atoms with Crippen LogP contribution in [0.25, 0.3) is 0 Å². The molecule has 1 saturated carbocycles. The van der Waals surface area contributed by atoms with Crippen LogP contribution in [0.4, 0.5) is 22.0 Å². The number of aliphatic carboxylic acids is 1. The molecule has 1 atom stereocenters. The minimum Gasteiger partial charge on any atom is -0.480 e. The zero-order valence-corrected chi connectivity index (χ0v) is 8.11. The molecule has 92 valence electrons. The number of halogens is 5. The van der Waals surface area contributed by atoms with Gasteiger partial charge in [0, 0.05) is 12.0 Å². The number of carboxylic acids is 1. The van der Waals surface area contributed by atoms with Crippen LogP contribution in [-0.4, -0.2) is 17.0 Å². The van der Waals surface area contributed by atoms with Gasteiger partial charge < -0.3 is 5.11 Å². The number of rotatable bonds is 2. The maximum atomic E-state index is 13.3. The summed E-state index contributed by atoms with van der Waals surface area (Å²) in [5, 5.41) is 8.71. The van der Waals surface area contributed by atoms with E-state index in [0.29, 0.717) is 12.1 Å². The molecule has 1 aliphatic rings. The fraction of sp³-hybridized carbons (Fsp3) is 0.300. The second-order valence-electron chi connectivity index (χ2n) is 3.81. The number of carbonyl (C=O) groups is 1. The Kier molecular flexibility index (Phi) is 2.21. The Balaban J connectivity index is 2.63. The van der Waals surface area contributed by atoms with E-state index in [1.165, 1.54) is 0 Å². The van der Waals surface area contributed by atoms with Gasteiger partial charge in [0.2, 0.25) is 0 Å². The number of alkyl halides is 2. The zero-order chi connectivity index (χ0) is 13.0. The Bertz CT molecular complexity index is 514. The van der Waals surface area contributed by atoms with Gasteiger partial charge in [0.25, 0.3) is 5.92 Å². The molecule has 0 aliphatic heterocycles. The second kappa shape index (κ2) is 3.18. The minimum atomic E-state index is -3.66. The van der Waals surface area contributed by atoms with E-state index in [-0.39, 0.29) is 0 Å². The van der Waals surface area contributed by atoms with Crippen molar-refractivity contribution in [3.05, 3.63) is 35.1 Å². The van der Waals surface area contributed by atoms with Gasteiger partial charge in [-0.05, 0) is 6.07 Å². The average Bonchev–Trinajstić information content (AvgIpc) is 2.80. The molecule has 0 heterocycles. The van der Waals surface area contributed by atoms with E-state index in [2.05, 4.69) is 0 Å². The maximum Gasteiger partial charge on any atom is 0.320 e. The normalized spacial score (nSPS) is 25.7. The molecule has 1 aromatic rings. The Morgan fingerprint density at radius 2 is 1.71 bits per heavy atom. The van der Waals surface area contributed by atoms with Crippen molar-refractivity contribution >= 4 is 5.97 Å². The molecule has 2 rings (SSSR count). The van der Waals surface area contributed by atoms with E-state index in [0.717, 1.165) is 0 Å². The van der Waals surface area contributed by atoms with Gasteiger partial charge in [-0.2, -0.15) is 0 Å². The first-order chi connectivity index (χ1) is 7.74. The van der Waals surface area contributed by atoms with Gasteiger partial charge in [-0.25, -0.2) is 22.0 Å². The van der Waals surface area contributed by atoms with Gasteiger partial charge in [0.1, 0.15) is 0 Å². The monoisotopic (exact) mass is 252 g/mol. The van der Waals surface area contributed by atoms with E-state index in [1.807, 2.05) is 0 Å². The van der Waals surface area contributed by atoms with Crippen molar-refractivity contribution in [1.82, 2.24) is 0 Å². The Labute approximate surface area is 91.7 Å². The lowest BCUT2D eigenvalue weighted by molar-refractivity contribution is -0.143. The first-order valence-corrected chi connectivity index (χ1v) is 4.49. The molecule has 0 aromatic heterocycles. The lowest BCUT2D eigenvalue weighted by Gasteiger charge is -2.13. The highest BCUT2D eigenvalue weighted by Crippen LogP contribution is 2.62. The molecule has 0 amide bonds. The van der Waals surface area contributed by atoms with E-state index in [1.54, 1.807) is 0 Å². The molecule has 0 saturated heterocycles. The Hall–Kier alpha value is -1.66. The summed E-state index contributed by atoms with van der Waals surface area (Å²) in [5.74, 6) is -11.0. The van der Waals surface area contributed by atoms with Crippen LogP contribution in [0.1, 0.15) is 12.0 Å². The first-order valence-electron chi connectivity index (χ1n) is 4.49. The third kappa shape index (κ3) is 1.34. The molecule has 0 bridgehead atoms. The van der Waals surface area contributed by atoms with Crippen LogP contribution in [0.5, 0.6) is 0 Å². The molecule has 1 N–H and O–H groups in total. The number of benzene rings is 1. The van der Waals surface area contributed by atoms with Crippen LogP contribution in [0, 0.1) is 17.5 Å². The molecule has 0 radical (unpaired) electrons. The summed E-state index contributed by atoms with van der Waals surface area (Å²) in [6.45, 7) is 0. The molecule has 17 heavy (non-hydrogen) atoms. The van der Waals surface area contributed by atoms with Crippen LogP contribution in [0.15, 0.2) is 12.1 Å². The highest BCUT2D eigenvalue weighted by atomic mass is 19.3. The smallest absolute Gasteiger partial charge is 0.320 e. The molecule has 1 aromatic carbocycles. The summed E-state index contributed by atoms with van der Waals surface area (Å²) in [5.41, 5.74) is -3.82. The van der Waals surface area contributed by atoms with Crippen LogP contribution in [0.2, 0.25) is 0 Å². The van der Waals surface area contributed by atoms with Crippen molar-refractivity contribution in [3.63, 3.8) is 0 Å². The maximum absolute atomic E-state index is 13.3. The van der Waals surface area contributed by atoms with Crippen LogP contribution >= 0.6 is 0 Å². The highest BCUT2D eigenvalue weighted by molar-refractivity contribution is 5.87. The van der Waals surface area contributed by atoms with Crippen LogP contribution in [-0.2, 0) is 10.2 Å². The summed E-state index contributed by atoms with van der Waals surface area (Å²) in [6, 6.07) is 0.954. The summed E-state index contributed by atoms with van der Waals surface area (Å²) in [7, 11) is 0. The van der Waals surface area contributed by atoms with Crippen molar-refractivity contribution in [2.45, 2.75) is 17.8 Å². The third-order valence-corrected chi connectivity index (χ3v) is 2.85. The van der Waals surface area contributed by atoms with Crippen molar-refractivity contribution in [2.75, 3.05) is 0 Å². The van der Waals surface area contributed by atoms with Crippen molar-refractivity contribution in [2.24, 2.45) is 0 Å². The van der Waals surface area contributed by atoms with Gasteiger partial charge in [-0.1, -0.05) is 6.07 Å². The van der Waals surface area contributed by atoms with E-state index < -0.39 is 46.7 Å². The molecule has 1 unspecified atom stereocenters. The molecule has 7 heteroatoms. The van der Waals surface area contributed by atoms with Crippen molar-refractivity contribution in [1.29, 1.82) is 0 Å². The van der Waals surface area contributed by atoms with Crippen LogP contribution in [0.3, 0.4) is 0 Å². The summed E-state index contributed by atoms with van der Waals surface area (Å²) >= 11 is 0. The van der Waals surface area contributed by atoms with Crippen LogP contribution < -0.4 is 0 Å². The zero-order valence-electron chi connectivity index (χ0n) is 8.11. The van der Waals surface area contributed by atoms with Gasteiger partial charge in [-0.15, -0.1) is 0 Å². The van der Waals surface area contributed by atoms with Gasteiger partial charge in [0.05, 0.1) is 0 Å². The fourth-order valence-corrected chi connectivity index (χ4v) is 1.78. The number of hydrogen-bond donors (Lipinski definition) is 1. The van der Waals surface area contributed by atoms with E-state index in [4.69, 9.17) is 5.11 Å². The fourth-order valence-electron chi connectivity index (χ4n) is 1.78. The Morgan fingerprint density at radius 1 is 1.18 bits per heavy atom. The standard InChI is InChI=1S/C10H5F5O2/c11-5-2-1-4(6(12)7(5)13)9(8(16)17)3-10(9,14)15/h1-2H,3H2,(H,16,17). The van der Waals surface area contributed by atoms with E-state index in [9.17, 15) is 26.7 Å². The first kappa shape index (κ1) is 11.8. The predicted octanol–water partition coefficient (Wildman–Crippen LogP) is 2.47. The van der Waals surface area contributed by atoms with Gasteiger partial charge in [-0.3, -0.25) is 4.79 Å². The molecular weight excluding hydrogens is 247 g/mol. The minimum absolute atomic E-state index is 0.423. The summed E-state index contributed by atoms with van der Waals surface area (Å²) < 4.78 is 64.9. The molecule has 0 spiro atoms. The lowest BCUT2D eigenvalue weighted by atomic mass is 9.94. The SMILES string of the molecule is O=C(O)C1(c2ccc(F)c(F)c2F)CC1(F)F. The molecule has 1 fully saturated rings. The van der Waals surface area contributed by atoms with Crippen molar-refractivity contribution in [3.8, 4) is 0 Å². The number of carboxylic acid groups (broad SMARTS) is 1. The van der Waals surface area contributed by atoms with Gasteiger partial charge in [0.15, 0.2) is 22.9 Å². The molecular formula is C10H5F5O2. The number of hydrogen-bond acceptors (Lipinski definition) is 1. The molecule has 2 nitrogen and oxygen atoms in total. The van der Waals surface area contributed by atoms with Gasteiger partial charge >= 0.3 is 5.97 Å². The topological polar surface area (TPSA) is 37.3 Å². The third-order valence-electron chi connectivity index (χ3n) is 2.85. The average molecular weight is 252 g/mol. The van der Waals surface area contributed by atoms with E-state index >= 15 is 0 Å². The lowest BCUT2D eigenvalue weighted by Crippen LogP contribution is -2.28. The predicted molar refractivity (Wildman–Crippen MR) is 45.2 cm³/mol. The summed E-state index contributed by atoms with van der Waals surface area (Å²) in [6.07, 6.45) is -1.13. The molecule has 1 aliphatic carbocycles.